The molecule has 0 aliphatic carbocycles. The first-order valence-electron chi connectivity index (χ1n) is 5.79. The number of Topliss-reactive ketones (excluding diaryl/α,β-unsaturated/α-hetero) is 2. The van der Waals surface area contributed by atoms with Gasteiger partial charge in [0.05, 0.1) is 11.1 Å². The zero-order valence-electron chi connectivity index (χ0n) is 10.2. The Morgan fingerprint density at radius 1 is 1.35 bits per heavy atom. The third-order valence-electron chi connectivity index (χ3n) is 2.73. The summed E-state index contributed by atoms with van der Waals surface area (Å²) in [5.41, 5.74) is 0.685. The van der Waals surface area contributed by atoms with E-state index in [-0.39, 0.29) is 12.2 Å². The van der Waals surface area contributed by atoms with Crippen molar-refractivity contribution in [2.75, 3.05) is 0 Å². The highest BCUT2D eigenvalue weighted by Gasteiger charge is 2.22. The summed E-state index contributed by atoms with van der Waals surface area (Å²) in [6, 6.07) is 5.49. The van der Waals surface area contributed by atoms with E-state index in [0.29, 0.717) is 11.3 Å². The normalized spacial score (nSPS) is 10.6. The van der Waals surface area contributed by atoms with E-state index in [0.717, 1.165) is 4.88 Å². The van der Waals surface area contributed by atoms with Crippen LogP contribution in [0.1, 0.15) is 16.2 Å². The number of furan rings is 1. The van der Waals surface area contributed by atoms with Crippen molar-refractivity contribution in [1.29, 1.82) is 0 Å². The van der Waals surface area contributed by atoms with Gasteiger partial charge in [-0.3, -0.25) is 14.7 Å². The molecule has 1 N–H and O–H groups in total. The van der Waals surface area contributed by atoms with Crippen LogP contribution in [0.3, 0.4) is 0 Å². The third kappa shape index (κ3) is 2.30. The van der Waals surface area contributed by atoms with Crippen molar-refractivity contribution in [3.05, 3.63) is 47.6 Å². The molecule has 0 saturated carbocycles. The third-order valence-corrected chi connectivity index (χ3v) is 3.59. The molecule has 3 aromatic heterocycles. The molecule has 0 unspecified atom stereocenters. The van der Waals surface area contributed by atoms with Crippen LogP contribution in [0, 0.1) is 0 Å². The van der Waals surface area contributed by atoms with Crippen molar-refractivity contribution in [3.8, 4) is 10.6 Å². The van der Waals surface area contributed by atoms with E-state index in [1.165, 1.54) is 23.9 Å². The van der Waals surface area contributed by atoms with Gasteiger partial charge in [-0.15, -0.1) is 11.3 Å². The lowest BCUT2D eigenvalue weighted by atomic mass is 10.1. The molecule has 0 aliphatic heterocycles. The van der Waals surface area contributed by atoms with Crippen molar-refractivity contribution >= 4 is 22.9 Å². The highest BCUT2D eigenvalue weighted by atomic mass is 32.1. The van der Waals surface area contributed by atoms with E-state index in [2.05, 4.69) is 15.2 Å². The fraction of sp³-hybridized carbons (Fsp3) is 0.0769. The first-order chi connectivity index (χ1) is 9.75. The van der Waals surface area contributed by atoms with Crippen LogP contribution in [0.5, 0.6) is 0 Å². The monoisotopic (exact) mass is 287 g/mol. The minimum Gasteiger partial charge on any atom is -0.463 e. The number of ketones is 2. The molecule has 0 fully saturated rings. The second kappa shape index (κ2) is 5.22. The molecule has 3 rings (SSSR count). The number of hydrogen-bond acceptors (Lipinski definition) is 6. The van der Waals surface area contributed by atoms with Gasteiger partial charge in [-0.2, -0.15) is 5.10 Å². The molecule has 3 heterocycles. The first kappa shape index (κ1) is 12.5. The van der Waals surface area contributed by atoms with Gasteiger partial charge in [0.15, 0.2) is 5.82 Å². The number of thiophene rings is 1. The number of aromatic amines is 1. The molecule has 7 heteroatoms. The molecule has 0 atom stereocenters. The first-order valence-corrected chi connectivity index (χ1v) is 6.67. The van der Waals surface area contributed by atoms with Gasteiger partial charge in [-0.1, -0.05) is 6.07 Å². The molecule has 3 aromatic rings. The van der Waals surface area contributed by atoms with Gasteiger partial charge in [0.2, 0.25) is 5.78 Å². The SMILES string of the molecule is O=C(Cc1ccoc1-c1cccs1)C(=O)c1ncn[nH]1. The zero-order chi connectivity index (χ0) is 13.9. The lowest BCUT2D eigenvalue weighted by Crippen LogP contribution is -2.18. The maximum absolute atomic E-state index is 12.0. The second-order valence-corrected chi connectivity index (χ2v) is 4.96. The van der Waals surface area contributed by atoms with Crippen molar-refractivity contribution in [2.24, 2.45) is 0 Å². The molecule has 0 saturated heterocycles. The molecular formula is C13H9N3O3S. The van der Waals surface area contributed by atoms with Gasteiger partial charge in [-0.25, -0.2) is 4.98 Å². The fourth-order valence-corrected chi connectivity index (χ4v) is 2.55. The topological polar surface area (TPSA) is 88.8 Å². The Kier molecular flexibility index (Phi) is 3.26. The van der Waals surface area contributed by atoms with E-state index in [1.54, 1.807) is 6.07 Å². The summed E-state index contributed by atoms with van der Waals surface area (Å²) in [6.45, 7) is 0. The number of hydrogen-bond donors (Lipinski definition) is 1. The lowest BCUT2D eigenvalue weighted by molar-refractivity contribution is -0.114. The summed E-state index contributed by atoms with van der Waals surface area (Å²) in [4.78, 5) is 28.4. The molecule has 100 valence electrons. The Labute approximate surface area is 117 Å². The Morgan fingerprint density at radius 3 is 2.95 bits per heavy atom. The predicted octanol–water partition coefficient (Wildman–Crippen LogP) is 2.12. The maximum atomic E-state index is 12.0. The summed E-state index contributed by atoms with van der Waals surface area (Å²) >= 11 is 1.51. The van der Waals surface area contributed by atoms with Crippen LogP contribution < -0.4 is 0 Å². The van der Waals surface area contributed by atoms with Gasteiger partial charge >= 0.3 is 0 Å². The molecule has 0 radical (unpaired) electrons. The molecule has 0 aromatic carbocycles. The van der Waals surface area contributed by atoms with Crippen molar-refractivity contribution in [3.63, 3.8) is 0 Å². The van der Waals surface area contributed by atoms with E-state index in [9.17, 15) is 9.59 Å². The minimum atomic E-state index is -0.680. The van der Waals surface area contributed by atoms with Crippen LogP contribution in [0.2, 0.25) is 0 Å². The molecule has 0 bridgehead atoms. The number of nitrogens with zero attached hydrogens (tertiary/aromatic N) is 2. The molecule has 0 spiro atoms. The van der Waals surface area contributed by atoms with E-state index >= 15 is 0 Å². The van der Waals surface area contributed by atoms with E-state index in [4.69, 9.17) is 4.42 Å². The van der Waals surface area contributed by atoms with Crippen LogP contribution >= 0.6 is 11.3 Å². The van der Waals surface area contributed by atoms with Gasteiger partial charge in [0, 0.05) is 12.0 Å². The Morgan fingerprint density at radius 2 is 2.25 bits per heavy atom. The average molecular weight is 287 g/mol. The summed E-state index contributed by atoms with van der Waals surface area (Å²) in [5.74, 6) is -0.656. The van der Waals surface area contributed by atoms with Crippen LogP contribution in [0.4, 0.5) is 0 Å². The summed E-state index contributed by atoms with van der Waals surface area (Å²) in [6.07, 6.45) is 2.68. The molecule has 0 amide bonds. The Hall–Kier alpha value is -2.54. The van der Waals surface area contributed by atoms with Crippen LogP contribution in [-0.2, 0) is 11.2 Å². The maximum Gasteiger partial charge on any atom is 0.265 e. The van der Waals surface area contributed by atoms with Gasteiger partial charge in [-0.05, 0) is 17.5 Å². The minimum absolute atomic E-state index is 0.0245. The number of H-pyrrole nitrogens is 1. The van der Waals surface area contributed by atoms with Crippen molar-refractivity contribution < 1.29 is 14.0 Å². The summed E-state index contributed by atoms with van der Waals surface area (Å²) < 4.78 is 5.39. The standard InChI is InChI=1S/C13H9N3O3S/c17-9(11(18)13-14-7-15-16-13)6-8-3-4-19-12(8)10-2-1-5-20-10/h1-5,7H,6H2,(H,14,15,16). The molecular weight excluding hydrogens is 278 g/mol. The van der Waals surface area contributed by atoms with Crippen LogP contribution in [0.15, 0.2) is 40.6 Å². The van der Waals surface area contributed by atoms with Gasteiger partial charge < -0.3 is 4.42 Å². The van der Waals surface area contributed by atoms with E-state index in [1.807, 2.05) is 17.5 Å². The molecule has 0 aliphatic rings. The number of aromatic nitrogens is 3. The number of carbonyl (C=O) groups excluding carboxylic acids is 2. The van der Waals surface area contributed by atoms with Gasteiger partial charge in [0.1, 0.15) is 12.1 Å². The molecule has 20 heavy (non-hydrogen) atoms. The second-order valence-electron chi connectivity index (χ2n) is 4.02. The molecule has 6 nitrogen and oxygen atoms in total. The zero-order valence-corrected chi connectivity index (χ0v) is 11.0. The van der Waals surface area contributed by atoms with E-state index < -0.39 is 11.6 Å². The number of nitrogens with one attached hydrogen (secondary N) is 1. The number of rotatable bonds is 5. The highest BCUT2D eigenvalue weighted by Crippen LogP contribution is 2.29. The average Bonchev–Trinajstić information content (AvgIpc) is 3.19. The Bertz CT molecular complexity index is 729. The lowest BCUT2D eigenvalue weighted by Gasteiger charge is -1.99. The Balaban J connectivity index is 1.81. The van der Waals surface area contributed by atoms with Gasteiger partial charge in [0.25, 0.3) is 5.78 Å². The summed E-state index contributed by atoms with van der Waals surface area (Å²) in [5, 5.41) is 7.86. The summed E-state index contributed by atoms with van der Waals surface area (Å²) in [7, 11) is 0. The smallest absolute Gasteiger partial charge is 0.265 e. The largest absolute Gasteiger partial charge is 0.463 e. The van der Waals surface area contributed by atoms with Crippen LogP contribution in [-0.4, -0.2) is 26.7 Å². The number of carbonyl (C=O) groups is 2. The highest BCUT2D eigenvalue weighted by molar-refractivity contribution is 7.13. The van der Waals surface area contributed by atoms with Crippen molar-refractivity contribution in [2.45, 2.75) is 6.42 Å². The quantitative estimate of drug-likeness (QED) is 0.573. The fourth-order valence-electron chi connectivity index (χ4n) is 1.80. The van der Waals surface area contributed by atoms with Crippen LogP contribution in [0.25, 0.3) is 10.6 Å². The van der Waals surface area contributed by atoms with Crippen molar-refractivity contribution in [1.82, 2.24) is 15.2 Å². The predicted molar refractivity (Wildman–Crippen MR) is 71.4 cm³/mol.